The molecule has 6 amide bonds. The van der Waals surface area contributed by atoms with Gasteiger partial charge in [0.25, 0.3) is 35.4 Å². The second-order valence-electron chi connectivity index (χ2n) is 28.7. The molecule has 0 spiro atoms. The smallest absolute Gasteiger partial charge is 0.457 e. The quantitative estimate of drug-likeness (QED) is 0.0176. The summed E-state index contributed by atoms with van der Waals surface area (Å²) in [5, 5.41) is 1.65. The van der Waals surface area contributed by atoms with Crippen molar-refractivity contribution < 1.29 is 74.3 Å². The first-order chi connectivity index (χ1) is 58.6. The van der Waals surface area contributed by atoms with Gasteiger partial charge in [-0.2, -0.15) is 0 Å². The monoisotopic (exact) mass is 1630 g/mol. The maximum absolute atomic E-state index is 17.1. The average molecular weight is 1630 g/mol. The highest BCUT2D eigenvalue weighted by Gasteiger charge is 2.50. The Morgan fingerprint density at radius 2 is 0.558 bits per heavy atom. The second kappa shape index (κ2) is 33.6. The summed E-state index contributed by atoms with van der Waals surface area (Å²) in [7, 11) is 2.47. The fourth-order valence-corrected chi connectivity index (χ4v) is 19.4. The molecule has 0 saturated heterocycles. The van der Waals surface area contributed by atoms with Gasteiger partial charge in [0.1, 0.15) is 69.7 Å². The Hall–Kier alpha value is -13.9. The maximum Gasteiger partial charge on any atom is 0.504 e. The largest absolute Gasteiger partial charge is 0.504 e. The number of hydrogen-bond donors (Lipinski definition) is 0. The molecule has 2 aliphatic rings. The molecular formula is C96H78N6O16Si2. The fraction of sp³-hybridized carbons (Fsp3) is 0.125. The third kappa shape index (κ3) is 14.7. The molecule has 0 saturated carbocycles. The zero-order valence-electron chi connectivity index (χ0n) is 66.1. The van der Waals surface area contributed by atoms with Crippen LogP contribution in [-0.4, -0.2) is 115 Å². The number of amides is 6. The standard InChI is InChI=1S/C96H78N6O16Si2/c1-109-119(110-2,111-3)59-63-47-49-97-79(51-63)99(57-61-31-15-7-16-32-61)95(107)89(65-35-19-9-20-36-65)101-91(103)71-53-75(115-67-39-23-11-24-40-67)83-85-77(117-69-43-27-13-28-44-69)55-73-82-74(56-78(118-70-45-29-14-30-46-70)86(88(82)85)84-76(116-68-41-25-12-26-42-68)54-72(92(101)104)81(71)87(83)84)94(106)102(93(73)105)90(66-37-21-10-22-38-66)96(108)100(58-62-33-17-8-18-34-62)80-52-64(48-50-98-80)60-120(112-4,113-5)114-6/h7-56,89-90H,57-60H2,1-6H3. The first-order valence-corrected chi connectivity index (χ1v) is 42.6. The number of anilines is 2. The number of nitrogens with zero attached hydrogens (tertiary/aromatic N) is 6. The molecule has 0 N–H and O–H groups in total. The average Bonchev–Trinajstić information content (AvgIpc) is 0.669. The summed E-state index contributed by atoms with van der Waals surface area (Å²) in [6, 6.07) is 81.8. The van der Waals surface area contributed by atoms with Crippen molar-refractivity contribution >= 4 is 108 Å². The highest BCUT2D eigenvalue weighted by atomic mass is 28.4. The molecule has 17 rings (SSSR count). The molecule has 0 aliphatic carbocycles. The van der Waals surface area contributed by atoms with Gasteiger partial charge in [-0.1, -0.05) is 194 Å². The minimum absolute atomic E-state index is 0.0306. The summed E-state index contributed by atoms with van der Waals surface area (Å²) >= 11 is 0. The summed E-state index contributed by atoms with van der Waals surface area (Å²) in [4.78, 5) is 117. The van der Waals surface area contributed by atoms with Gasteiger partial charge in [0.15, 0.2) is 0 Å². The van der Waals surface area contributed by atoms with E-state index in [-0.39, 0.29) is 136 Å². The Balaban J connectivity index is 0.943. The van der Waals surface area contributed by atoms with E-state index in [0.29, 0.717) is 45.3 Å². The van der Waals surface area contributed by atoms with Crippen LogP contribution in [0.3, 0.4) is 0 Å². The summed E-state index contributed by atoms with van der Waals surface area (Å²) in [5.41, 5.74) is 3.05. The lowest BCUT2D eigenvalue weighted by atomic mass is 9.80. The van der Waals surface area contributed by atoms with E-state index in [0.717, 1.165) is 9.80 Å². The van der Waals surface area contributed by atoms with Gasteiger partial charge in [-0.25, -0.2) is 9.97 Å². The number of rotatable bonds is 30. The molecule has 24 heteroatoms. The number of imide groups is 2. The van der Waals surface area contributed by atoms with Crippen molar-refractivity contribution in [1.29, 1.82) is 0 Å². The molecule has 0 fully saturated rings. The highest BCUT2D eigenvalue weighted by Crippen LogP contribution is 2.59. The Kier molecular flexibility index (Phi) is 22.0. The number of pyridine rings is 2. The van der Waals surface area contributed by atoms with E-state index in [1.165, 1.54) is 52.5 Å². The number of hydrogen-bond acceptors (Lipinski definition) is 18. The van der Waals surface area contributed by atoms with Crippen LogP contribution in [0.15, 0.2) is 304 Å². The molecule has 13 aromatic carbocycles. The van der Waals surface area contributed by atoms with E-state index in [2.05, 4.69) is 0 Å². The van der Waals surface area contributed by atoms with Crippen molar-refractivity contribution in [2.45, 2.75) is 37.3 Å². The van der Waals surface area contributed by atoms with E-state index < -0.39 is 65.1 Å². The lowest BCUT2D eigenvalue weighted by Crippen LogP contribution is -2.50. The van der Waals surface area contributed by atoms with Gasteiger partial charge in [-0.3, -0.25) is 48.4 Å². The molecule has 2 aromatic heterocycles. The van der Waals surface area contributed by atoms with Crippen LogP contribution in [-0.2, 0) is 61.3 Å². The van der Waals surface area contributed by atoms with Crippen LogP contribution >= 0.6 is 0 Å². The maximum atomic E-state index is 17.1. The number of aromatic nitrogens is 2. The van der Waals surface area contributed by atoms with Crippen molar-refractivity contribution in [1.82, 2.24) is 19.8 Å². The number of fused-ring (bicyclic) bond motifs is 2. The predicted molar refractivity (Wildman–Crippen MR) is 458 cm³/mol. The Morgan fingerprint density at radius 1 is 0.308 bits per heavy atom. The molecule has 15 aromatic rings. The van der Waals surface area contributed by atoms with Crippen LogP contribution in [0.2, 0.25) is 0 Å². The van der Waals surface area contributed by atoms with E-state index in [4.69, 9.17) is 55.5 Å². The predicted octanol–water partition coefficient (Wildman–Crippen LogP) is 18.8. The molecule has 2 unspecified atom stereocenters. The molecule has 4 heterocycles. The van der Waals surface area contributed by atoms with Crippen LogP contribution in [0.25, 0.3) is 43.1 Å². The summed E-state index contributed by atoms with van der Waals surface area (Å²) < 4.78 is 64.4. The molecule has 0 radical (unpaired) electrons. The van der Waals surface area contributed by atoms with Gasteiger partial charge in [0.2, 0.25) is 0 Å². The van der Waals surface area contributed by atoms with Gasteiger partial charge in [0, 0.05) is 110 Å². The van der Waals surface area contributed by atoms with Crippen molar-refractivity contribution in [3.05, 3.63) is 359 Å². The van der Waals surface area contributed by atoms with E-state index in [1.807, 2.05) is 84.9 Å². The van der Waals surface area contributed by atoms with Crippen LogP contribution in [0.5, 0.6) is 46.0 Å². The molecule has 596 valence electrons. The minimum atomic E-state index is -3.31. The molecule has 2 atom stereocenters. The zero-order valence-corrected chi connectivity index (χ0v) is 68.1. The van der Waals surface area contributed by atoms with Gasteiger partial charge < -0.3 is 45.5 Å². The SMILES string of the molecule is CO[Si](Cc1ccnc(N(Cc2ccccc2)C(=O)C(c2ccccc2)N2C(=O)c3cc(Oc4ccccc4)c4c5c(Oc6ccccc6)cc6c7c(cc(Oc8ccccc8)c(c8c(Oc9ccccc9)cc(c3c48)C2=O)c75)C(=O)N(C(C(=O)N(Cc2ccccc2)c2cc(C[Si](OC)(OC)OC)ccn2)c2ccccc2)C6=O)c1)(OC)OC. The van der Waals surface area contributed by atoms with Crippen LogP contribution in [0, 0.1) is 0 Å². The second-order valence-corrected chi connectivity index (χ2v) is 34.6. The molecule has 22 nitrogen and oxygen atoms in total. The van der Waals surface area contributed by atoms with Crippen molar-refractivity contribution in [2.24, 2.45) is 0 Å². The normalized spacial score (nSPS) is 13.3. The lowest BCUT2D eigenvalue weighted by Gasteiger charge is -2.37. The molecule has 2 aliphatic heterocycles. The number of carbonyl (C=O) groups is 6. The van der Waals surface area contributed by atoms with Gasteiger partial charge >= 0.3 is 17.6 Å². The number of carbonyl (C=O) groups excluding carboxylic acids is 6. The summed E-state index contributed by atoms with van der Waals surface area (Å²) in [5.74, 6) is -3.20. The first-order valence-electron chi connectivity index (χ1n) is 38.7. The molecule has 0 bridgehead atoms. The van der Waals surface area contributed by atoms with Crippen molar-refractivity contribution in [3.8, 4) is 46.0 Å². The Morgan fingerprint density at radius 3 is 0.817 bits per heavy atom. The van der Waals surface area contributed by atoms with Crippen LogP contribution in [0.1, 0.15) is 86.9 Å². The van der Waals surface area contributed by atoms with Crippen LogP contribution in [0.4, 0.5) is 11.6 Å². The number of ether oxygens (including phenoxy) is 4. The van der Waals surface area contributed by atoms with E-state index in [9.17, 15) is 0 Å². The van der Waals surface area contributed by atoms with Crippen molar-refractivity contribution in [2.75, 3.05) is 52.5 Å². The third-order valence-corrected chi connectivity index (χ3v) is 27.3. The van der Waals surface area contributed by atoms with Gasteiger partial charge in [0.05, 0.1) is 35.3 Å². The zero-order chi connectivity index (χ0) is 82.8. The molecular weight excluding hydrogens is 1550 g/mol. The van der Waals surface area contributed by atoms with Crippen LogP contribution < -0.4 is 28.7 Å². The number of para-hydroxylation sites is 4. The minimum Gasteiger partial charge on any atom is -0.457 e. The van der Waals surface area contributed by atoms with E-state index in [1.54, 1.807) is 219 Å². The van der Waals surface area contributed by atoms with Gasteiger partial charge in [-0.15, -0.1) is 0 Å². The summed E-state index contributed by atoms with van der Waals surface area (Å²) in [6.07, 6.45) is 3.14. The third-order valence-electron chi connectivity index (χ3n) is 21.8. The fourth-order valence-electron chi connectivity index (χ4n) is 16.1. The lowest BCUT2D eigenvalue weighted by molar-refractivity contribution is -0.123. The molecule has 120 heavy (non-hydrogen) atoms. The Labute approximate surface area is 692 Å². The number of benzene rings is 13. The topological polar surface area (TPSA) is 233 Å². The van der Waals surface area contributed by atoms with Crippen molar-refractivity contribution in [3.63, 3.8) is 0 Å². The Bertz CT molecular complexity index is 5770. The first kappa shape index (κ1) is 78.6. The highest BCUT2D eigenvalue weighted by molar-refractivity contribution is 6.60. The van der Waals surface area contributed by atoms with E-state index >= 15 is 28.8 Å². The van der Waals surface area contributed by atoms with Gasteiger partial charge in [-0.05, 0) is 130 Å². The summed E-state index contributed by atoms with van der Waals surface area (Å²) in [6.45, 7) is -0.139.